The molecule has 6 aliphatic rings. The first kappa shape index (κ1) is 78.7. The molecule has 3 saturated carbocycles. The van der Waals surface area contributed by atoms with Gasteiger partial charge < -0.3 is 42.6 Å². The molecule has 9 rings (SSSR count). The summed E-state index contributed by atoms with van der Waals surface area (Å²) >= 11 is 0. The number of hydrogen-bond acceptors (Lipinski definition) is 9. The molecule has 0 N–H and O–H groups in total. The molecule has 3 aromatic rings. The normalized spacial score (nSPS) is 28.4. The maximum atomic E-state index is 14.1. The molecule has 3 atom stereocenters. The van der Waals surface area contributed by atoms with Crippen LogP contribution in [0.1, 0.15) is 134 Å². The minimum Gasteiger partial charge on any atom is -0.454 e. The summed E-state index contributed by atoms with van der Waals surface area (Å²) in [5, 5.41) is 0. The SMILES string of the molecule is CC1CCC(C2COC(CCc3cc(F)c(OC(F)C(F)(F)C(F)(F)F)c(F)c3)OC2)CC1.CC1CCC(C2COC(CCc3ccc(OC(F)C(F)(F)C(F)(F)F)c(F)c3)OC2)CC1.CC1CCC(C2COC(CCc3ccc(OC(F)C(F)(F)C(F)(F)F)cc3)OC2)CC1. The van der Waals surface area contributed by atoms with Crippen LogP contribution in [0.4, 0.5) is 92.2 Å². The molecule has 0 spiro atoms. The first-order chi connectivity index (χ1) is 44.9. The van der Waals surface area contributed by atoms with Crippen LogP contribution in [-0.4, -0.2) is 114 Å². The van der Waals surface area contributed by atoms with Gasteiger partial charge in [0.25, 0.3) is 0 Å². The molecular formula is C66H81F21O9. The van der Waals surface area contributed by atoms with Crippen LogP contribution in [0.2, 0.25) is 0 Å². The second-order valence-corrected chi connectivity index (χ2v) is 26.2. The van der Waals surface area contributed by atoms with Crippen LogP contribution in [0.15, 0.2) is 54.6 Å². The van der Waals surface area contributed by atoms with Crippen LogP contribution in [0.3, 0.4) is 0 Å². The Morgan fingerprint density at radius 1 is 0.354 bits per heavy atom. The molecule has 6 fully saturated rings. The molecule has 3 aromatic carbocycles. The number of alkyl halides is 18. The topological polar surface area (TPSA) is 83.1 Å². The van der Waals surface area contributed by atoms with Crippen molar-refractivity contribution >= 4 is 0 Å². The van der Waals surface area contributed by atoms with Gasteiger partial charge in [0.1, 0.15) is 5.75 Å². The van der Waals surface area contributed by atoms with Gasteiger partial charge in [-0.3, -0.25) is 0 Å². The highest BCUT2D eigenvalue weighted by atomic mass is 19.4. The molecule has 3 aliphatic heterocycles. The van der Waals surface area contributed by atoms with Crippen molar-refractivity contribution in [1.82, 2.24) is 0 Å². The quantitative estimate of drug-likeness (QED) is 0.0969. The van der Waals surface area contributed by atoms with E-state index in [0.29, 0.717) is 119 Å². The Morgan fingerprint density at radius 3 is 0.979 bits per heavy atom. The Bertz CT molecular complexity index is 2770. The summed E-state index contributed by atoms with van der Waals surface area (Å²) in [6.07, 6.45) is -15.6. The van der Waals surface area contributed by atoms with Crippen molar-refractivity contribution in [2.75, 3.05) is 39.6 Å². The first-order valence-corrected chi connectivity index (χ1v) is 32.2. The summed E-state index contributed by atoms with van der Waals surface area (Å²) in [7, 11) is 0. The lowest BCUT2D eigenvalue weighted by Crippen LogP contribution is -2.47. The summed E-state index contributed by atoms with van der Waals surface area (Å²) in [6, 6.07) is 9.68. The minimum atomic E-state index is -6.28. The van der Waals surface area contributed by atoms with Crippen LogP contribution >= 0.6 is 0 Å². The first-order valence-electron chi connectivity index (χ1n) is 32.2. The Kier molecular flexibility index (Phi) is 28.0. The van der Waals surface area contributed by atoms with Crippen LogP contribution in [-0.2, 0) is 47.7 Å². The van der Waals surface area contributed by atoms with E-state index in [2.05, 4.69) is 35.0 Å². The van der Waals surface area contributed by atoms with Crippen LogP contribution in [0, 0.1) is 70.7 Å². The third kappa shape index (κ3) is 21.9. The summed E-state index contributed by atoms with van der Waals surface area (Å²) < 4.78 is 316. The second-order valence-electron chi connectivity index (χ2n) is 26.2. The molecule has 0 amide bonds. The van der Waals surface area contributed by atoms with E-state index in [1.54, 1.807) is 0 Å². The average Bonchev–Trinajstić information content (AvgIpc) is 0.824. The number of rotatable bonds is 21. The Labute approximate surface area is 543 Å². The molecule has 0 aromatic heterocycles. The van der Waals surface area contributed by atoms with E-state index in [9.17, 15) is 92.2 Å². The fourth-order valence-corrected chi connectivity index (χ4v) is 12.5. The van der Waals surface area contributed by atoms with E-state index in [4.69, 9.17) is 28.4 Å². The van der Waals surface area contributed by atoms with Gasteiger partial charge in [-0.15, -0.1) is 0 Å². The van der Waals surface area contributed by atoms with Crippen molar-refractivity contribution in [3.8, 4) is 17.2 Å². The van der Waals surface area contributed by atoms with E-state index in [1.807, 2.05) is 0 Å². The highest BCUT2D eigenvalue weighted by molar-refractivity contribution is 5.32. The Morgan fingerprint density at radius 2 is 0.646 bits per heavy atom. The minimum absolute atomic E-state index is 0.0610. The zero-order chi connectivity index (χ0) is 70.6. The van der Waals surface area contributed by atoms with Crippen molar-refractivity contribution in [1.29, 1.82) is 0 Å². The molecule has 546 valence electrons. The third-order valence-corrected chi connectivity index (χ3v) is 18.8. The summed E-state index contributed by atoms with van der Waals surface area (Å²) in [5.41, 5.74) is 1.26. The van der Waals surface area contributed by atoms with Gasteiger partial charge in [-0.25, -0.2) is 13.2 Å². The predicted octanol–water partition coefficient (Wildman–Crippen LogP) is 19.3. The van der Waals surface area contributed by atoms with E-state index >= 15 is 0 Å². The third-order valence-electron chi connectivity index (χ3n) is 18.8. The second kappa shape index (κ2) is 34.1. The van der Waals surface area contributed by atoms with Crippen LogP contribution in [0.5, 0.6) is 17.2 Å². The van der Waals surface area contributed by atoms with Crippen LogP contribution < -0.4 is 14.2 Å². The zero-order valence-electron chi connectivity index (χ0n) is 52.9. The maximum absolute atomic E-state index is 14.1. The number of benzene rings is 3. The van der Waals surface area contributed by atoms with Crippen molar-refractivity contribution in [3.63, 3.8) is 0 Å². The number of hydrogen-bond donors (Lipinski definition) is 0. The lowest BCUT2D eigenvalue weighted by molar-refractivity contribution is -0.328. The van der Waals surface area contributed by atoms with Crippen molar-refractivity contribution < 1.29 is 135 Å². The van der Waals surface area contributed by atoms with Crippen molar-refractivity contribution in [3.05, 3.63) is 88.7 Å². The van der Waals surface area contributed by atoms with Crippen molar-refractivity contribution in [2.24, 2.45) is 53.3 Å². The van der Waals surface area contributed by atoms with Gasteiger partial charge in [0, 0.05) is 37.0 Å². The molecule has 0 radical (unpaired) electrons. The molecule has 3 unspecified atom stereocenters. The van der Waals surface area contributed by atoms with Gasteiger partial charge in [0.15, 0.2) is 47.8 Å². The maximum Gasteiger partial charge on any atom is 0.460 e. The molecule has 9 nitrogen and oxygen atoms in total. The molecule has 0 bridgehead atoms. The van der Waals surface area contributed by atoms with Gasteiger partial charge in [0.2, 0.25) is 0 Å². The van der Waals surface area contributed by atoms with Crippen molar-refractivity contribution in [2.45, 2.75) is 211 Å². The van der Waals surface area contributed by atoms with Gasteiger partial charge in [-0.05, 0) is 146 Å². The summed E-state index contributed by atoms with van der Waals surface area (Å²) in [5.74, 6) is -19.7. The fourth-order valence-electron chi connectivity index (χ4n) is 12.5. The Balaban J connectivity index is 0.000000203. The van der Waals surface area contributed by atoms with E-state index in [-0.39, 0.29) is 24.7 Å². The Hall–Kier alpha value is -4.65. The largest absolute Gasteiger partial charge is 0.460 e. The van der Waals surface area contributed by atoms with E-state index in [1.165, 1.54) is 82.4 Å². The highest BCUT2D eigenvalue weighted by Crippen LogP contribution is 2.45. The summed E-state index contributed by atoms with van der Waals surface area (Å²) in [6.45, 7) is 10.3. The lowest BCUT2D eigenvalue weighted by atomic mass is 9.76. The molecule has 3 saturated heterocycles. The van der Waals surface area contributed by atoms with E-state index < -0.39 is 103 Å². The zero-order valence-corrected chi connectivity index (χ0v) is 52.9. The average molecular weight is 1420 g/mol. The van der Waals surface area contributed by atoms with Gasteiger partial charge in [-0.1, -0.05) is 77.5 Å². The number of ether oxygens (including phenoxy) is 9. The molecule has 3 heterocycles. The molecule has 96 heavy (non-hydrogen) atoms. The smallest absolute Gasteiger partial charge is 0.454 e. The van der Waals surface area contributed by atoms with Gasteiger partial charge in [-0.2, -0.15) is 79.0 Å². The van der Waals surface area contributed by atoms with Gasteiger partial charge >= 0.3 is 55.4 Å². The van der Waals surface area contributed by atoms with E-state index in [0.717, 1.165) is 60.4 Å². The van der Waals surface area contributed by atoms with Gasteiger partial charge in [0.05, 0.1) is 39.6 Å². The fraction of sp³-hybridized carbons (Fsp3) is 0.727. The summed E-state index contributed by atoms with van der Waals surface area (Å²) in [4.78, 5) is 0. The standard InChI is InChI=1S/C22H26F8O3.C22H27F7O3.C22H28F6O3/c1-12-2-5-14(6-3-12)15-10-31-18(32-11-15)7-4-13-8-16(23)19(17(24)9-13)33-20(25)21(26,27)22(28,29)30;1-13-2-6-15(7-3-13)16-11-30-19(31-12-16)9-5-14-4-8-18(17(23)10-14)32-20(24)21(25,26)22(27,28)29;1-14-2-7-16(8-3-14)17-12-29-19(30-13-17)11-6-15-4-9-18(10-5-15)31-20(23)21(24,25)22(26,27)28/h8-9,12,14-15,18,20H,2-7,10-11H2,1H3;4,8,10,13,15-16,19-20H,2-3,5-7,9,11-12H2,1H3;4-5,9-10,14,16-17,19-20H,2-3,6-8,11-13H2,1H3. The lowest BCUT2D eigenvalue weighted by Gasteiger charge is -2.37. The predicted molar refractivity (Wildman–Crippen MR) is 305 cm³/mol. The molecular weight excluding hydrogens is 1340 g/mol. The molecule has 3 aliphatic carbocycles. The number of aryl methyl sites for hydroxylation is 3. The number of halogens is 21. The highest BCUT2D eigenvalue weighted by Gasteiger charge is 2.67. The molecule has 30 heteroatoms. The monoisotopic (exact) mass is 1420 g/mol. The van der Waals surface area contributed by atoms with Crippen LogP contribution in [0.25, 0.3) is 0 Å².